The van der Waals surface area contributed by atoms with Crippen LogP contribution < -0.4 is 0 Å². The molecule has 23 heavy (non-hydrogen) atoms. The molecule has 1 fully saturated rings. The van der Waals surface area contributed by atoms with Crippen molar-refractivity contribution in [2.24, 2.45) is 5.92 Å². The highest BCUT2D eigenvalue weighted by molar-refractivity contribution is 7.12. The number of likely N-dealkylation sites (tertiary alicyclic amines) is 1. The van der Waals surface area contributed by atoms with Gasteiger partial charge in [0.2, 0.25) is 0 Å². The number of hydrogen-bond donors (Lipinski definition) is 0. The largest absolute Gasteiger partial charge is 0.469 e. The van der Waals surface area contributed by atoms with E-state index < -0.39 is 0 Å². The molecule has 1 aliphatic heterocycles. The van der Waals surface area contributed by atoms with Crippen LogP contribution in [0.1, 0.15) is 29.8 Å². The molecule has 122 valence electrons. The zero-order chi connectivity index (χ0) is 16.2. The van der Waals surface area contributed by atoms with Gasteiger partial charge < -0.3 is 14.2 Å². The number of piperidine rings is 1. The van der Waals surface area contributed by atoms with Crippen LogP contribution in [-0.4, -0.2) is 46.5 Å². The van der Waals surface area contributed by atoms with Crippen molar-refractivity contribution in [3.63, 3.8) is 0 Å². The van der Waals surface area contributed by atoms with Crippen molar-refractivity contribution in [2.75, 3.05) is 20.2 Å². The van der Waals surface area contributed by atoms with E-state index in [-0.39, 0.29) is 11.9 Å². The van der Waals surface area contributed by atoms with Crippen LogP contribution in [0.5, 0.6) is 0 Å². The van der Waals surface area contributed by atoms with Crippen LogP contribution >= 0.6 is 11.3 Å². The minimum atomic E-state index is -0.175. The summed E-state index contributed by atoms with van der Waals surface area (Å²) in [7, 11) is 1.41. The highest BCUT2D eigenvalue weighted by Crippen LogP contribution is 2.23. The lowest BCUT2D eigenvalue weighted by molar-refractivity contribution is -0.142. The number of methoxy groups -OCH3 is 1. The lowest BCUT2D eigenvalue weighted by Crippen LogP contribution is -2.39. The molecule has 1 aliphatic rings. The zero-order valence-corrected chi connectivity index (χ0v) is 13.8. The van der Waals surface area contributed by atoms with Crippen molar-refractivity contribution in [3.8, 4) is 5.13 Å². The molecular formula is C16H19N3O3S. The number of esters is 1. The number of rotatable bonds is 4. The van der Waals surface area contributed by atoms with Crippen molar-refractivity contribution in [2.45, 2.75) is 19.3 Å². The van der Waals surface area contributed by atoms with Crippen LogP contribution in [0.4, 0.5) is 0 Å². The summed E-state index contributed by atoms with van der Waals surface area (Å²) >= 11 is 1.45. The van der Waals surface area contributed by atoms with Crippen LogP contribution in [0.2, 0.25) is 0 Å². The Bertz CT molecular complexity index is 673. The molecule has 0 N–H and O–H groups in total. The van der Waals surface area contributed by atoms with Crippen molar-refractivity contribution >= 4 is 23.2 Å². The SMILES string of the molecule is COC(=O)CC1CCN(C(=O)c2csc(-n3cccc3)n2)CC1. The summed E-state index contributed by atoms with van der Waals surface area (Å²) in [5.74, 6) is 0.0965. The molecule has 1 saturated heterocycles. The first-order chi connectivity index (χ1) is 11.2. The van der Waals surface area contributed by atoms with Gasteiger partial charge in [0.15, 0.2) is 5.13 Å². The predicted molar refractivity (Wildman–Crippen MR) is 86.7 cm³/mol. The van der Waals surface area contributed by atoms with Gasteiger partial charge in [0.1, 0.15) is 5.69 Å². The quantitative estimate of drug-likeness (QED) is 0.806. The van der Waals surface area contributed by atoms with Crippen LogP contribution in [0.15, 0.2) is 29.9 Å². The maximum atomic E-state index is 12.5. The fraction of sp³-hybridized carbons (Fsp3) is 0.438. The van der Waals surface area contributed by atoms with Crippen LogP contribution in [0.3, 0.4) is 0 Å². The van der Waals surface area contributed by atoms with E-state index in [0.29, 0.717) is 31.1 Å². The first-order valence-corrected chi connectivity index (χ1v) is 8.50. The van der Waals surface area contributed by atoms with Gasteiger partial charge in [0.25, 0.3) is 5.91 Å². The first-order valence-electron chi connectivity index (χ1n) is 7.62. The molecule has 1 amide bonds. The summed E-state index contributed by atoms with van der Waals surface area (Å²) in [5.41, 5.74) is 0.491. The Hall–Kier alpha value is -2.15. The highest BCUT2D eigenvalue weighted by atomic mass is 32.1. The molecule has 0 bridgehead atoms. The number of carbonyl (C=O) groups excluding carboxylic acids is 2. The second-order valence-corrected chi connectivity index (χ2v) is 6.46. The fourth-order valence-electron chi connectivity index (χ4n) is 2.76. The molecule has 0 aromatic carbocycles. The summed E-state index contributed by atoms with van der Waals surface area (Å²) in [4.78, 5) is 30.1. The molecular weight excluding hydrogens is 314 g/mol. The third-order valence-electron chi connectivity index (χ3n) is 4.12. The lowest BCUT2D eigenvalue weighted by Gasteiger charge is -2.31. The molecule has 0 unspecified atom stereocenters. The number of hydrogen-bond acceptors (Lipinski definition) is 5. The standard InChI is InChI=1S/C16H19N3O3S/c1-22-14(20)10-12-4-8-18(9-5-12)15(21)13-11-23-16(17-13)19-6-2-3-7-19/h2-3,6-7,11-12H,4-5,8-10H2,1H3. The summed E-state index contributed by atoms with van der Waals surface area (Å²) in [6, 6.07) is 3.85. The van der Waals surface area contributed by atoms with Gasteiger partial charge in [-0.05, 0) is 30.9 Å². The van der Waals surface area contributed by atoms with E-state index in [1.54, 1.807) is 5.38 Å². The molecule has 0 radical (unpaired) electrons. The average Bonchev–Trinajstić information content (AvgIpc) is 3.25. The maximum Gasteiger partial charge on any atom is 0.305 e. The van der Waals surface area contributed by atoms with Gasteiger partial charge in [-0.15, -0.1) is 11.3 Å². The van der Waals surface area contributed by atoms with Gasteiger partial charge in [0, 0.05) is 37.3 Å². The maximum absolute atomic E-state index is 12.5. The van der Waals surface area contributed by atoms with Crippen LogP contribution in [-0.2, 0) is 9.53 Å². The monoisotopic (exact) mass is 333 g/mol. The minimum Gasteiger partial charge on any atom is -0.469 e. The topological polar surface area (TPSA) is 64.4 Å². The van der Waals surface area contributed by atoms with E-state index in [9.17, 15) is 9.59 Å². The van der Waals surface area contributed by atoms with Crippen molar-refractivity contribution in [1.82, 2.24) is 14.5 Å². The van der Waals surface area contributed by atoms with Gasteiger partial charge in [-0.1, -0.05) is 0 Å². The Labute approximate surface area is 138 Å². The number of thiazole rings is 1. The predicted octanol–water partition coefficient (Wildman–Crippen LogP) is 2.35. The van der Waals surface area contributed by atoms with E-state index in [1.165, 1.54) is 18.4 Å². The number of aromatic nitrogens is 2. The second-order valence-electron chi connectivity index (χ2n) is 5.62. The van der Waals surface area contributed by atoms with E-state index in [2.05, 4.69) is 4.98 Å². The van der Waals surface area contributed by atoms with Gasteiger partial charge in [0.05, 0.1) is 7.11 Å². The van der Waals surface area contributed by atoms with Crippen molar-refractivity contribution in [3.05, 3.63) is 35.6 Å². The molecule has 3 rings (SSSR count). The molecule has 3 heterocycles. The zero-order valence-electron chi connectivity index (χ0n) is 13.0. The van der Waals surface area contributed by atoms with E-state index >= 15 is 0 Å². The Morgan fingerprint density at radius 3 is 2.65 bits per heavy atom. The van der Waals surface area contributed by atoms with E-state index in [4.69, 9.17) is 4.74 Å². The van der Waals surface area contributed by atoms with E-state index in [1.807, 2.05) is 34.0 Å². The van der Waals surface area contributed by atoms with Crippen LogP contribution in [0.25, 0.3) is 5.13 Å². The fourth-order valence-corrected chi connectivity index (χ4v) is 3.53. The molecule has 0 saturated carbocycles. The van der Waals surface area contributed by atoms with Gasteiger partial charge in [-0.25, -0.2) is 4.98 Å². The number of nitrogens with zero attached hydrogens (tertiary/aromatic N) is 3. The van der Waals surface area contributed by atoms with Crippen molar-refractivity contribution < 1.29 is 14.3 Å². The Balaban J connectivity index is 1.58. The van der Waals surface area contributed by atoms with Gasteiger partial charge in [-0.2, -0.15) is 0 Å². The molecule has 7 heteroatoms. The van der Waals surface area contributed by atoms with Crippen molar-refractivity contribution in [1.29, 1.82) is 0 Å². The number of amides is 1. The normalized spacial score (nSPS) is 15.6. The average molecular weight is 333 g/mol. The molecule has 0 atom stereocenters. The number of ether oxygens (including phenoxy) is 1. The van der Waals surface area contributed by atoms with Gasteiger partial charge in [-0.3, -0.25) is 9.59 Å². The second kappa shape index (κ2) is 6.95. The molecule has 0 spiro atoms. The summed E-state index contributed by atoms with van der Waals surface area (Å²) < 4.78 is 6.60. The first kappa shape index (κ1) is 15.7. The Morgan fingerprint density at radius 2 is 2.00 bits per heavy atom. The Kier molecular flexibility index (Phi) is 4.76. The molecule has 2 aromatic heterocycles. The van der Waals surface area contributed by atoms with Crippen LogP contribution in [0, 0.1) is 5.92 Å². The third-order valence-corrected chi connectivity index (χ3v) is 4.98. The summed E-state index contributed by atoms with van der Waals surface area (Å²) in [6.45, 7) is 1.33. The molecule has 0 aliphatic carbocycles. The number of carbonyl (C=O) groups is 2. The third kappa shape index (κ3) is 3.61. The molecule has 2 aromatic rings. The lowest BCUT2D eigenvalue weighted by atomic mass is 9.93. The minimum absolute atomic E-state index is 0.0313. The van der Waals surface area contributed by atoms with Gasteiger partial charge >= 0.3 is 5.97 Å². The van der Waals surface area contributed by atoms with E-state index in [0.717, 1.165) is 18.0 Å². The summed E-state index contributed by atoms with van der Waals surface area (Å²) in [6.07, 6.45) is 5.91. The summed E-state index contributed by atoms with van der Waals surface area (Å²) in [5, 5.41) is 2.59. The Morgan fingerprint density at radius 1 is 1.30 bits per heavy atom. The molecule has 6 nitrogen and oxygen atoms in total. The highest BCUT2D eigenvalue weighted by Gasteiger charge is 2.26. The smallest absolute Gasteiger partial charge is 0.305 e.